The molecular formula is C18H31N3OS. The van der Waals surface area contributed by atoms with E-state index in [9.17, 15) is 4.21 Å². The van der Waals surface area contributed by atoms with Crippen molar-refractivity contribution in [2.45, 2.75) is 34.2 Å². The average Bonchev–Trinajstić information content (AvgIpc) is 2.38. The molecule has 1 heterocycles. The third-order valence-corrected chi connectivity index (χ3v) is 7.48. The van der Waals surface area contributed by atoms with Crippen molar-refractivity contribution >= 4 is 9.25 Å². The predicted octanol–water partition coefficient (Wildman–Crippen LogP) is 2.34. The lowest BCUT2D eigenvalue weighted by Gasteiger charge is -2.41. The number of hydrogen-bond acceptors (Lipinski definition) is 3. The third-order valence-electron chi connectivity index (χ3n) is 4.49. The molecule has 5 N–H and O–H groups in total. The molecule has 0 saturated heterocycles. The maximum atomic E-state index is 13.3. The van der Waals surface area contributed by atoms with Gasteiger partial charge in [0.25, 0.3) is 0 Å². The van der Waals surface area contributed by atoms with Crippen LogP contribution in [0.15, 0.2) is 41.7 Å². The fraction of sp³-hybridized carbons (Fsp3) is 0.556. The molecule has 0 unspecified atom stereocenters. The number of hydrogen-bond donors (Lipinski definition) is 3. The number of rotatable bonds is 3. The highest BCUT2D eigenvalue weighted by Crippen LogP contribution is 2.44. The van der Waals surface area contributed by atoms with E-state index in [0.717, 1.165) is 11.4 Å². The van der Waals surface area contributed by atoms with Crippen LogP contribution >= 0.6 is 0 Å². The summed E-state index contributed by atoms with van der Waals surface area (Å²) in [5.41, 5.74) is 8.67. The van der Waals surface area contributed by atoms with Gasteiger partial charge in [-0.25, -0.2) is 0 Å². The molecule has 0 amide bonds. The second-order valence-electron chi connectivity index (χ2n) is 8.53. The van der Waals surface area contributed by atoms with Crippen LogP contribution in [0.2, 0.25) is 0 Å². The molecule has 1 aromatic rings. The minimum atomic E-state index is -3.22. The van der Waals surface area contributed by atoms with Gasteiger partial charge in [-0.2, -0.15) is 0 Å². The molecule has 0 bridgehead atoms. The van der Waals surface area contributed by atoms with Gasteiger partial charge in [-0.3, -0.25) is 9.35 Å². The van der Waals surface area contributed by atoms with Crippen molar-refractivity contribution < 1.29 is 4.21 Å². The summed E-state index contributed by atoms with van der Waals surface area (Å²) in [4.78, 5) is 0. The summed E-state index contributed by atoms with van der Waals surface area (Å²) in [6.07, 6.45) is 1.72. The lowest BCUT2D eigenvalue weighted by atomic mass is 9.82. The molecule has 2 rings (SSSR count). The largest absolute Gasteiger partial charge is 0.400 e. The van der Waals surface area contributed by atoms with E-state index in [1.54, 1.807) is 6.26 Å². The summed E-state index contributed by atoms with van der Waals surface area (Å²) >= 11 is 0. The van der Waals surface area contributed by atoms with Gasteiger partial charge >= 0.3 is 0 Å². The van der Waals surface area contributed by atoms with E-state index in [0.29, 0.717) is 18.1 Å². The molecule has 5 heteroatoms. The van der Waals surface area contributed by atoms with Gasteiger partial charge in [0.2, 0.25) is 0 Å². The zero-order valence-electron chi connectivity index (χ0n) is 15.0. The van der Waals surface area contributed by atoms with E-state index in [1.165, 1.54) is 5.56 Å². The molecule has 1 aliphatic rings. The summed E-state index contributed by atoms with van der Waals surface area (Å²) < 4.78 is 13.3. The Labute approximate surface area is 140 Å². The first-order valence-corrected chi connectivity index (χ1v) is 10.8. The van der Waals surface area contributed by atoms with Crippen LogP contribution in [-0.4, -0.2) is 22.0 Å². The Morgan fingerprint density at radius 2 is 1.61 bits per heavy atom. The summed E-state index contributed by atoms with van der Waals surface area (Å²) in [7, 11) is -3.22. The van der Waals surface area contributed by atoms with Gasteiger partial charge in [0, 0.05) is 46.5 Å². The highest BCUT2D eigenvalue weighted by molar-refractivity contribution is 8.17. The first-order valence-electron chi connectivity index (χ1n) is 8.00. The highest BCUT2D eigenvalue weighted by atomic mass is 32.3. The molecule has 130 valence electrons. The van der Waals surface area contributed by atoms with E-state index >= 15 is 0 Å². The topological polar surface area (TPSA) is 81.1 Å². The molecule has 0 radical (unpaired) electrons. The quantitative estimate of drug-likeness (QED) is 0.792. The zero-order chi connectivity index (χ0) is 17.5. The van der Waals surface area contributed by atoms with E-state index < -0.39 is 14.7 Å². The van der Waals surface area contributed by atoms with Crippen LogP contribution in [0.5, 0.6) is 0 Å². The highest BCUT2D eigenvalue weighted by Gasteiger charge is 2.46. The standard InChI is InChI=1S/C18H31N3OS/c1-17(2)12-23(5,20,22)13-18(3,4)16(15(17)19)21-11-14-9-7-6-8-10-14/h6-10,21H,11-13,19H2,1-5H3,(H2,20,22). The summed E-state index contributed by atoms with van der Waals surface area (Å²) in [5.74, 6) is 0.849. The maximum absolute atomic E-state index is 13.3. The number of nitrogens with two attached hydrogens (primary N) is 2. The molecular weight excluding hydrogens is 306 g/mol. The first-order chi connectivity index (χ1) is 10.3. The monoisotopic (exact) mass is 337 g/mol. The van der Waals surface area contributed by atoms with Crippen molar-refractivity contribution in [1.29, 1.82) is 0 Å². The van der Waals surface area contributed by atoms with Crippen molar-refractivity contribution in [3.05, 3.63) is 47.3 Å². The van der Waals surface area contributed by atoms with Gasteiger partial charge in [-0.05, 0) is 5.56 Å². The molecule has 0 aromatic heterocycles. The molecule has 1 aromatic carbocycles. The Balaban J connectivity index is 2.40. The predicted molar refractivity (Wildman–Crippen MR) is 100 cm³/mol. The molecule has 1 aliphatic heterocycles. The van der Waals surface area contributed by atoms with E-state index in [4.69, 9.17) is 10.9 Å². The fourth-order valence-electron chi connectivity index (χ4n) is 3.97. The van der Waals surface area contributed by atoms with Crippen molar-refractivity contribution in [2.75, 3.05) is 17.8 Å². The first kappa shape index (κ1) is 18.0. The van der Waals surface area contributed by atoms with Crippen LogP contribution in [0.1, 0.15) is 33.3 Å². The van der Waals surface area contributed by atoms with E-state index in [2.05, 4.69) is 31.3 Å². The number of allylic oxidation sites excluding steroid dienone is 2. The average molecular weight is 338 g/mol. The Kier molecular flexibility index (Phi) is 4.19. The summed E-state index contributed by atoms with van der Waals surface area (Å²) in [6, 6.07) is 10.2. The Hall–Kier alpha value is -1.33. The summed E-state index contributed by atoms with van der Waals surface area (Å²) in [5, 5.41) is 9.85. The van der Waals surface area contributed by atoms with E-state index in [-0.39, 0.29) is 5.41 Å². The molecule has 23 heavy (non-hydrogen) atoms. The van der Waals surface area contributed by atoms with E-state index in [1.807, 2.05) is 32.0 Å². The van der Waals surface area contributed by atoms with Crippen LogP contribution in [-0.2, 0) is 15.8 Å². The Bertz CT molecular complexity index is 683. The SMILES string of the molecule is CC1(C)CS(C)(N)(=O)CC(C)(C)C(NCc2ccccc2)=C1N. The van der Waals surface area contributed by atoms with Crippen LogP contribution < -0.4 is 16.2 Å². The van der Waals surface area contributed by atoms with Crippen LogP contribution in [0.25, 0.3) is 0 Å². The Morgan fingerprint density at radius 1 is 1.09 bits per heavy atom. The minimum Gasteiger partial charge on any atom is -0.400 e. The van der Waals surface area contributed by atoms with Gasteiger partial charge in [0.05, 0.1) is 0 Å². The molecule has 0 fully saturated rings. The fourth-order valence-corrected chi connectivity index (χ4v) is 8.26. The molecule has 4 nitrogen and oxygen atoms in total. The smallest absolute Gasteiger partial charge is 0.0398 e. The van der Waals surface area contributed by atoms with Gasteiger partial charge in [0.1, 0.15) is 0 Å². The van der Waals surface area contributed by atoms with Gasteiger partial charge < -0.3 is 11.1 Å². The number of benzene rings is 1. The summed E-state index contributed by atoms with van der Waals surface area (Å²) in [6.45, 7) is 8.88. The third kappa shape index (κ3) is 4.15. The zero-order valence-corrected chi connectivity index (χ0v) is 15.8. The van der Waals surface area contributed by atoms with Crippen molar-refractivity contribution in [1.82, 2.24) is 5.32 Å². The van der Waals surface area contributed by atoms with Gasteiger partial charge in [-0.15, -0.1) is 0 Å². The van der Waals surface area contributed by atoms with Crippen LogP contribution in [0.4, 0.5) is 0 Å². The molecule has 0 atom stereocenters. The second kappa shape index (κ2) is 5.35. The maximum Gasteiger partial charge on any atom is 0.0398 e. The number of nitrogens with one attached hydrogen (secondary N) is 1. The minimum absolute atomic E-state index is 0.361. The van der Waals surface area contributed by atoms with Crippen molar-refractivity contribution in [2.24, 2.45) is 21.7 Å². The van der Waals surface area contributed by atoms with Gasteiger partial charge in [0.15, 0.2) is 0 Å². The Morgan fingerprint density at radius 3 is 2.17 bits per heavy atom. The lowest BCUT2D eigenvalue weighted by molar-refractivity contribution is 0.431. The normalized spacial score (nSPS) is 26.6. The van der Waals surface area contributed by atoms with Crippen molar-refractivity contribution in [3.63, 3.8) is 0 Å². The second-order valence-corrected chi connectivity index (χ2v) is 12.8. The molecule has 0 saturated carbocycles. The van der Waals surface area contributed by atoms with Crippen molar-refractivity contribution in [3.8, 4) is 0 Å². The lowest BCUT2D eigenvalue weighted by Crippen LogP contribution is -2.54. The van der Waals surface area contributed by atoms with Crippen LogP contribution in [0.3, 0.4) is 0 Å². The molecule has 0 spiro atoms. The van der Waals surface area contributed by atoms with Gasteiger partial charge in [-0.1, -0.05) is 67.3 Å². The van der Waals surface area contributed by atoms with Crippen LogP contribution in [0, 0.1) is 10.8 Å². The molecule has 0 aliphatic carbocycles.